The summed E-state index contributed by atoms with van der Waals surface area (Å²) < 4.78 is 0. The van der Waals surface area contributed by atoms with Crippen LogP contribution in [-0.4, -0.2) is 10.2 Å². The second-order valence-electron chi connectivity index (χ2n) is 14.2. The molecule has 0 amide bonds. The summed E-state index contributed by atoms with van der Waals surface area (Å²) in [6, 6.07) is 8.70. The molecule has 0 saturated carbocycles. The number of aromatic hydroxyl groups is 2. The fourth-order valence-corrected chi connectivity index (χ4v) is 5.35. The first-order valence-electron chi connectivity index (χ1n) is 13.0. The highest BCUT2D eigenvalue weighted by Gasteiger charge is 2.35. The Bertz CT molecular complexity index is 934. The maximum Gasteiger partial charge on any atom is 0.123 e. The summed E-state index contributed by atoms with van der Waals surface area (Å²) in [4.78, 5) is 0. The van der Waals surface area contributed by atoms with Crippen molar-refractivity contribution in [3.8, 4) is 11.5 Å². The van der Waals surface area contributed by atoms with E-state index in [-0.39, 0.29) is 27.6 Å². The number of hydrogen-bond acceptors (Lipinski definition) is 2. The summed E-state index contributed by atoms with van der Waals surface area (Å²) in [5.74, 6) is 0.936. The molecule has 2 rings (SSSR count). The maximum absolute atomic E-state index is 11.6. The molecule has 2 heteroatoms. The molecule has 0 fully saturated rings. The normalized spacial score (nSPS) is 13.6. The van der Waals surface area contributed by atoms with Crippen LogP contribution in [0.15, 0.2) is 24.3 Å². The Morgan fingerprint density at radius 1 is 0.559 bits per heavy atom. The maximum atomic E-state index is 11.6. The second-order valence-corrected chi connectivity index (χ2v) is 14.2. The Morgan fingerprint density at radius 2 is 0.882 bits per heavy atom. The third-order valence-corrected chi connectivity index (χ3v) is 6.86. The van der Waals surface area contributed by atoms with E-state index >= 15 is 0 Å². The molecule has 190 valence electrons. The van der Waals surface area contributed by atoms with E-state index in [1.165, 1.54) is 11.1 Å². The zero-order chi connectivity index (χ0) is 26.4. The summed E-state index contributed by atoms with van der Waals surface area (Å²) in [7, 11) is 0. The van der Waals surface area contributed by atoms with Gasteiger partial charge in [0.1, 0.15) is 11.5 Å². The van der Waals surface area contributed by atoms with Gasteiger partial charge in [-0.05, 0) is 50.3 Å². The van der Waals surface area contributed by atoms with Crippen molar-refractivity contribution in [3.05, 3.63) is 57.6 Å². The number of rotatable bonds is 4. The van der Waals surface area contributed by atoms with Crippen LogP contribution >= 0.6 is 0 Å². The first-order valence-corrected chi connectivity index (χ1v) is 13.0. The van der Waals surface area contributed by atoms with E-state index in [1.54, 1.807) is 0 Å². The predicted molar refractivity (Wildman–Crippen MR) is 148 cm³/mol. The first kappa shape index (κ1) is 28.3. The lowest BCUT2D eigenvalue weighted by molar-refractivity contribution is 0.416. The van der Waals surface area contributed by atoms with Crippen LogP contribution in [0.25, 0.3) is 0 Å². The molecule has 2 nitrogen and oxygen atoms in total. The van der Waals surface area contributed by atoms with Gasteiger partial charge in [-0.3, -0.25) is 0 Å². The molecule has 0 saturated heterocycles. The minimum Gasteiger partial charge on any atom is -0.507 e. The van der Waals surface area contributed by atoms with Gasteiger partial charge in [-0.2, -0.15) is 0 Å². The lowest BCUT2D eigenvalue weighted by atomic mass is 9.69. The van der Waals surface area contributed by atoms with E-state index in [0.29, 0.717) is 11.5 Å². The van der Waals surface area contributed by atoms with Gasteiger partial charge in [-0.1, -0.05) is 121 Å². The van der Waals surface area contributed by atoms with Crippen molar-refractivity contribution >= 4 is 0 Å². The molecule has 34 heavy (non-hydrogen) atoms. The smallest absolute Gasteiger partial charge is 0.123 e. The van der Waals surface area contributed by atoms with Crippen LogP contribution in [0.3, 0.4) is 0 Å². The Labute approximate surface area is 209 Å². The molecule has 2 N–H and O–H groups in total. The quantitative estimate of drug-likeness (QED) is 0.471. The molecule has 0 aliphatic rings. The van der Waals surface area contributed by atoms with E-state index in [1.807, 2.05) is 0 Å². The molecule has 2 aromatic rings. The summed E-state index contributed by atoms with van der Waals surface area (Å²) >= 11 is 0. The Balaban J connectivity index is 2.98. The summed E-state index contributed by atoms with van der Waals surface area (Å²) in [5, 5.41) is 23.2. The van der Waals surface area contributed by atoms with Crippen LogP contribution < -0.4 is 0 Å². The van der Waals surface area contributed by atoms with Crippen molar-refractivity contribution in [1.82, 2.24) is 0 Å². The van der Waals surface area contributed by atoms with Crippen LogP contribution in [0.4, 0.5) is 0 Å². The fourth-order valence-electron chi connectivity index (χ4n) is 5.35. The van der Waals surface area contributed by atoms with Crippen molar-refractivity contribution in [2.45, 2.75) is 130 Å². The van der Waals surface area contributed by atoms with Gasteiger partial charge in [0.15, 0.2) is 0 Å². The molecule has 0 spiro atoms. The van der Waals surface area contributed by atoms with Crippen molar-refractivity contribution in [2.24, 2.45) is 0 Å². The lowest BCUT2D eigenvalue weighted by Crippen LogP contribution is -2.23. The Kier molecular flexibility index (Phi) is 7.69. The van der Waals surface area contributed by atoms with Gasteiger partial charge in [0.2, 0.25) is 0 Å². The minimum absolute atomic E-state index is 0.0910. The number of benzene rings is 2. The van der Waals surface area contributed by atoms with Gasteiger partial charge < -0.3 is 10.2 Å². The van der Waals surface area contributed by atoms with Crippen LogP contribution in [0.5, 0.6) is 11.5 Å². The molecule has 0 radical (unpaired) electrons. The number of phenols is 2. The number of hydrogen-bond donors (Lipinski definition) is 2. The van der Waals surface area contributed by atoms with Gasteiger partial charge in [0, 0.05) is 17.0 Å². The standard InChI is InChI=1S/C32H50O2/c1-14-15-20(21-16-18-23(29(2,3)4)27(33)25(21)31(8,9)10)22-17-19-24(30(5,6)7)28(34)26(22)32(11,12)13/h16-20,33-34H,14-15H2,1-13H3. The van der Waals surface area contributed by atoms with Gasteiger partial charge in [-0.25, -0.2) is 0 Å². The lowest BCUT2D eigenvalue weighted by Gasteiger charge is -2.35. The van der Waals surface area contributed by atoms with Crippen molar-refractivity contribution in [3.63, 3.8) is 0 Å². The van der Waals surface area contributed by atoms with E-state index in [4.69, 9.17) is 0 Å². The summed E-state index contributed by atoms with van der Waals surface area (Å²) in [5.41, 5.74) is 5.63. The van der Waals surface area contributed by atoms with Gasteiger partial charge in [0.25, 0.3) is 0 Å². The van der Waals surface area contributed by atoms with Crippen molar-refractivity contribution in [1.29, 1.82) is 0 Å². The zero-order valence-electron chi connectivity index (χ0n) is 24.2. The largest absolute Gasteiger partial charge is 0.507 e. The van der Waals surface area contributed by atoms with E-state index in [2.05, 4.69) is 114 Å². The molecule has 0 aliphatic carbocycles. The first-order chi connectivity index (χ1) is 15.2. The molecule has 0 heterocycles. The molecular weight excluding hydrogens is 416 g/mol. The van der Waals surface area contributed by atoms with E-state index in [0.717, 1.165) is 35.1 Å². The topological polar surface area (TPSA) is 40.5 Å². The van der Waals surface area contributed by atoms with Crippen LogP contribution in [-0.2, 0) is 21.7 Å². The third-order valence-electron chi connectivity index (χ3n) is 6.86. The molecule has 0 bridgehead atoms. The summed E-state index contributed by atoms with van der Waals surface area (Å²) in [6.45, 7) is 28.2. The second kappa shape index (κ2) is 9.25. The molecule has 0 aromatic heterocycles. The molecule has 0 atom stereocenters. The highest BCUT2D eigenvalue weighted by Crippen LogP contribution is 2.49. The highest BCUT2D eigenvalue weighted by molar-refractivity contribution is 5.58. The summed E-state index contributed by atoms with van der Waals surface area (Å²) in [6.07, 6.45) is 1.97. The molecule has 2 aromatic carbocycles. The van der Waals surface area contributed by atoms with Gasteiger partial charge >= 0.3 is 0 Å². The average molecular weight is 467 g/mol. The van der Waals surface area contributed by atoms with Crippen LogP contribution in [0.1, 0.15) is 142 Å². The number of phenolic OH excluding ortho intramolecular Hbond substituents is 2. The van der Waals surface area contributed by atoms with E-state index < -0.39 is 0 Å². The fraction of sp³-hybridized carbons (Fsp3) is 0.625. The average Bonchev–Trinajstić information content (AvgIpc) is 2.61. The predicted octanol–water partition coefficient (Wildman–Crippen LogP) is 9.22. The van der Waals surface area contributed by atoms with Crippen LogP contribution in [0, 0.1) is 0 Å². The Morgan fingerprint density at radius 3 is 1.12 bits per heavy atom. The zero-order valence-corrected chi connectivity index (χ0v) is 24.2. The molecule has 0 aliphatic heterocycles. The monoisotopic (exact) mass is 466 g/mol. The highest BCUT2D eigenvalue weighted by atomic mass is 16.3. The Hall–Kier alpha value is -1.96. The third kappa shape index (κ3) is 5.64. The van der Waals surface area contributed by atoms with E-state index in [9.17, 15) is 10.2 Å². The van der Waals surface area contributed by atoms with Gasteiger partial charge in [-0.15, -0.1) is 0 Å². The van der Waals surface area contributed by atoms with Gasteiger partial charge in [0.05, 0.1) is 0 Å². The van der Waals surface area contributed by atoms with Crippen molar-refractivity contribution < 1.29 is 10.2 Å². The van der Waals surface area contributed by atoms with Crippen molar-refractivity contribution in [2.75, 3.05) is 0 Å². The SMILES string of the molecule is CCCC(c1ccc(C(C)(C)C)c(O)c1C(C)(C)C)c1ccc(C(C)(C)C)c(O)c1C(C)(C)C. The minimum atomic E-state index is -0.220. The molecular formula is C32H50O2. The molecule has 0 unspecified atom stereocenters. The van der Waals surface area contributed by atoms with Crippen LogP contribution in [0.2, 0.25) is 0 Å².